The van der Waals surface area contributed by atoms with E-state index < -0.39 is 3.42 Å². The van der Waals surface area contributed by atoms with E-state index in [0.717, 1.165) is 14.5 Å². The van der Waals surface area contributed by atoms with Crippen LogP contribution in [0, 0.1) is 0 Å². The van der Waals surface area contributed by atoms with Crippen LogP contribution in [-0.4, -0.2) is 5.97 Å². The summed E-state index contributed by atoms with van der Waals surface area (Å²) in [5.41, 5.74) is 1.30. The Morgan fingerprint density at radius 2 is 1.87 bits per heavy atom. The molecule has 15 heavy (non-hydrogen) atoms. The van der Waals surface area contributed by atoms with E-state index in [9.17, 15) is 4.79 Å². The van der Waals surface area contributed by atoms with Crippen molar-refractivity contribution in [3.63, 3.8) is 0 Å². The molecule has 0 N–H and O–H groups in total. The Balaban J connectivity index is 0.00000112. The Hall–Kier alpha value is 1.61. The van der Waals surface area contributed by atoms with Gasteiger partial charge in [0.2, 0.25) is 3.42 Å². The molecule has 0 fully saturated rings. The first-order valence-electron chi connectivity index (χ1n) is 3.53. The van der Waals surface area contributed by atoms with E-state index in [1.807, 2.05) is 0 Å². The Labute approximate surface area is 144 Å². The first kappa shape index (κ1) is 14.7. The number of alkyl halides is 2. The maximum Gasteiger partial charge on any atom is 1.00 e. The number of hydrogen-bond donors (Lipinski definition) is 0. The second kappa shape index (κ2) is 5.08. The molecule has 1 heterocycles. The number of hydrogen-bond acceptors (Lipinski definition) is 2. The van der Waals surface area contributed by atoms with Gasteiger partial charge in [0.25, 0.3) is 0 Å². The van der Waals surface area contributed by atoms with Gasteiger partial charge in [-0.1, -0.05) is 0 Å². The summed E-state index contributed by atoms with van der Waals surface area (Å²) in [7, 11) is 0. The Morgan fingerprint density at radius 3 is 2.47 bits per heavy atom. The largest absolute Gasteiger partial charge is 1.00 e. The third-order valence-corrected chi connectivity index (χ3v) is 4.96. The van der Waals surface area contributed by atoms with Crippen LogP contribution in [0.3, 0.4) is 0 Å². The van der Waals surface area contributed by atoms with Gasteiger partial charge in [-0.3, -0.25) is 0 Å². The van der Waals surface area contributed by atoms with E-state index >= 15 is 0 Å². The molecule has 0 aliphatic carbocycles. The van der Waals surface area contributed by atoms with Gasteiger partial charge in [0.15, 0.2) is 0 Å². The van der Waals surface area contributed by atoms with Gasteiger partial charge in [0, 0.05) is 14.5 Å². The summed E-state index contributed by atoms with van der Waals surface area (Å²) in [6.07, 6.45) is 0. The number of halogens is 4. The van der Waals surface area contributed by atoms with Crippen LogP contribution >= 0.6 is 63.7 Å². The third-order valence-electron chi connectivity index (χ3n) is 1.83. The minimum absolute atomic E-state index is 0. The maximum atomic E-state index is 11.4. The predicted octanol–water partition coefficient (Wildman–Crippen LogP) is 1.40. The van der Waals surface area contributed by atoms with Gasteiger partial charge in [-0.2, -0.15) is 0 Å². The second-order valence-electron chi connectivity index (χ2n) is 2.69. The summed E-state index contributed by atoms with van der Waals surface area (Å²) < 4.78 is 5.85. The summed E-state index contributed by atoms with van der Waals surface area (Å²) in [5.74, 6) is -0.345. The number of esters is 1. The summed E-state index contributed by atoms with van der Waals surface area (Å²) in [6.45, 7) is 0. The fraction of sp³-hybridized carbons (Fsp3) is 0.125. The van der Waals surface area contributed by atoms with Crippen LogP contribution in [0.1, 0.15) is 17.3 Å². The van der Waals surface area contributed by atoms with Crippen LogP contribution in [0.15, 0.2) is 21.1 Å². The van der Waals surface area contributed by atoms with Gasteiger partial charge in [-0.05, 0) is 75.9 Å². The van der Waals surface area contributed by atoms with Crippen LogP contribution in [0.5, 0.6) is 0 Å². The fourth-order valence-corrected chi connectivity index (χ4v) is 3.83. The van der Waals surface area contributed by atoms with Crippen molar-refractivity contribution in [2.45, 2.75) is 3.42 Å². The number of rotatable bonds is 0. The van der Waals surface area contributed by atoms with Crippen LogP contribution < -0.4 is 29.6 Å². The number of cyclic esters (lactones) is 1. The molecule has 0 saturated carbocycles. The van der Waals surface area contributed by atoms with Crippen molar-refractivity contribution in [1.29, 1.82) is 0 Å². The van der Waals surface area contributed by atoms with Crippen molar-refractivity contribution < 1.29 is 40.5 Å². The number of fused-ring (bicyclic) bond motifs is 1. The average molecular weight is 474 g/mol. The molecular formula is C8H3Br4NaO2. The minimum Gasteiger partial charge on any atom is -1.00 e. The fourth-order valence-electron chi connectivity index (χ4n) is 1.23. The number of carbonyl (C=O) groups excluding carboxylic acids is 1. The van der Waals surface area contributed by atoms with Crippen LogP contribution in [0.4, 0.5) is 0 Å². The van der Waals surface area contributed by atoms with Gasteiger partial charge in [-0.25, -0.2) is 4.79 Å². The van der Waals surface area contributed by atoms with Crippen LogP contribution in [0.25, 0.3) is 0 Å². The second-order valence-corrected chi connectivity index (χ2v) is 7.64. The molecule has 0 bridgehead atoms. The van der Waals surface area contributed by atoms with Gasteiger partial charge in [0.05, 0.1) is 5.56 Å². The standard InChI is InChI=1S/C8H2Br4O2.Na.H/c9-4-2-1-3-5(6(4)10)8(11,12)14-7(3)13;;/h1-2H;;/q;+1;-1. The summed E-state index contributed by atoms with van der Waals surface area (Å²) in [4.78, 5) is 11.4. The van der Waals surface area contributed by atoms with Gasteiger partial charge >= 0.3 is 35.5 Å². The van der Waals surface area contributed by atoms with E-state index in [-0.39, 0.29) is 37.0 Å². The van der Waals surface area contributed by atoms with Gasteiger partial charge in [-0.15, -0.1) is 0 Å². The molecule has 0 saturated heterocycles. The van der Waals surface area contributed by atoms with E-state index in [0.29, 0.717) is 5.56 Å². The monoisotopic (exact) mass is 470 g/mol. The molecule has 0 spiro atoms. The molecule has 1 aliphatic rings. The zero-order valence-electron chi connectivity index (χ0n) is 8.48. The molecule has 76 valence electrons. The quantitative estimate of drug-likeness (QED) is 0.324. The molecule has 0 radical (unpaired) electrons. The first-order valence-corrected chi connectivity index (χ1v) is 6.70. The Bertz CT molecular complexity index is 438. The van der Waals surface area contributed by atoms with Crippen LogP contribution in [0.2, 0.25) is 0 Å². The zero-order valence-corrected chi connectivity index (χ0v) is 15.8. The third kappa shape index (κ3) is 2.56. The molecule has 2 nitrogen and oxygen atoms in total. The predicted molar refractivity (Wildman–Crippen MR) is 67.9 cm³/mol. The number of carbonyl (C=O) groups is 1. The van der Waals surface area contributed by atoms with Crippen molar-refractivity contribution in [3.8, 4) is 0 Å². The normalized spacial score (nSPS) is 16.7. The maximum absolute atomic E-state index is 11.4. The molecule has 0 aromatic heterocycles. The molecule has 0 atom stereocenters. The molecule has 2 rings (SSSR count). The van der Waals surface area contributed by atoms with Crippen molar-refractivity contribution >= 4 is 69.7 Å². The van der Waals surface area contributed by atoms with E-state index in [4.69, 9.17) is 4.74 Å². The van der Waals surface area contributed by atoms with Gasteiger partial charge < -0.3 is 6.16 Å². The summed E-state index contributed by atoms with van der Waals surface area (Å²) in [6, 6.07) is 3.52. The van der Waals surface area contributed by atoms with Crippen molar-refractivity contribution in [1.82, 2.24) is 0 Å². The zero-order chi connectivity index (χ0) is 10.5. The van der Waals surface area contributed by atoms with Gasteiger partial charge in [0.1, 0.15) is 0 Å². The summed E-state index contributed by atoms with van der Waals surface area (Å²) >= 11 is 13.3. The molecule has 0 unspecified atom stereocenters. The van der Waals surface area contributed by atoms with E-state index in [1.54, 1.807) is 12.1 Å². The molecule has 0 amide bonds. The van der Waals surface area contributed by atoms with E-state index in [2.05, 4.69) is 63.7 Å². The van der Waals surface area contributed by atoms with Crippen LogP contribution in [-0.2, 0) is 8.16 Å². The molecule has 7 heteroatoms. The van der Waals surface area contributed by atoms with Crippen molar-refractivity contribution in [3.05, 3.63) is 32.2 Å². The molecule has 1 aromatic rings. The summed E-state index contributed by atoms with van der Waals surface area (Å²) in [5, 5.41) is 0. The Morgan fingerprint density at radius 1 is 1.27 bits per heavy atom. The number of benzene rings is 1. The Kier molecular flexibility index (Phi) is 4.97. The van der Waals surface area contributed by atoms with Crippen molar-refractivity contribution in [2.75, 3.05) is 0 Å². The average Bonchev–Trinajstić information content (AvgIpc) is 2.29. The number of ether oxygens (including phenoxy) is 1. The smallest absolute Gasteiger partial charge is 1.00 e. The molecular weight excluding hydrogens is 471 g/mol. The minimum atomic E-state index is -0.922. The first-order chi connectivity index (χ1) is 6.43. The topological polar surface area (TPSA) is 26.3 Å². The molecule has 1 aliphatic heterocycles. The van der Waals surface area contributed by atoms with E-state index in [1.165, 1.54) is 0 Å². The SMILES string of the molecule is O=C1OC(Br)(Br)c2c1ccc(Br)c2Br.[H-].[Na+]. The van der Waals surface area contributed by atoms with Crippen molar-refractivity contribution in [2.24, 2.45) is 0 Å². The molecule has 1 aromatic carbocycles.